The highest BCUT2D eigenvalue weighted by Crippen LogP contribution is 2.31. The van der Waals surface area contributed by atoms with Gasteiger partial charge in [-0.15, -0.1) is 0 Å². The lowest BCUT2D eigenvalue weighted by atomic mass is 9.88. The van der Waals surface area contributed by atoms with E-state index >= 15 is 0 Å². The van der Waals surface area contributed by atoms with Crippen LogP contribution >= 0.6 is 0 Å². The number of carbonyl (C=O) groups is 2. The van der Waals surface area contributed by atoms with Crippen LogP contribution in [0.15, 0.2) is 53.4 Å². The van der Waals surface area contributed by atoms with Crippen LogP contribution in [0, 0.1) is 19.8 Å². The van der Waals surface area contributed by atoms with Crippen molar-refractivity contribution in [1.82, 2.24) is 19.8 Å². The van der Waals surface area contributed by atoms with Gasteiger partial charge in [0.1, 0.15) is 12.9 Å². The summed E-state index contributed by atoms with van der Waals surface area (Å²) in [5, 5.41) is 0. The van der Waals surface area contributed by atoms with Crippen LogP contribution in [-0.2, 0) is 15.7 Å². The molecule has 0 saturated heterocycles. The summed E-state index contributed by atoms with van der Waals surface area (Å²) >= 11 is 0. The average Bonchev–Trinajstić information content (AvgIpc) is 3.05. The number of aldehydes is 1. The number of aromatic nitrogens is 2. The van der Waals surface area contributed by atoms with E-state index in [1.165, 1.54) is 0 Å². The number of rotatable bonds is 14. The van der Waals surface area contributed by atoms with E-state index in [1.807, 2.05) is 59.0 Å². The molecule has 1 unspecified atom stereocenters. The maximum atomic E-state index is 13.3. The second kappa shape index (κ2) is 17.0. The molecular weight excluding hydrogens is 627 g/mol. The Balaban J connectivity index is 1.53. The molecule has 1 aliphatic rings. The Labute approximate surface area is 288 Å². The number of ether oxygens (including phenoxy) is 2. The van der Waals surface area contributed by atoms with Crippen LogP contribution in [0.3, 0.4) is 0 Å². The Bertz CT molecular complexity index is 1550. The number of aryl methyl sites for hydroxylation is 2. The van der Waals surface area contributed by atoms with E-state index in [2.05, 4.69) is 35.5 Å². The first-order valence-corrected chi connectivity index (χ1v) is 18.0. The molecule has 48 heavy (non-hydrogen) atoms. The molecule has 0 radical (unpaired) electrons. The number of hydrogen-bond donors (Lipinski definition) is 1. The zero-order valence-electron chi connectivity index (χ0n) is 29.6. The van der Waals surface area contributed by atoms with Crippen LogP contribution in [0.4, 0.5) is 10.7 Å². The minimum Gasteiger partial charge on any atom is -0.476 e. The van der Waals surface area contributed by atoms with Gasteiger partial charge in [0.25, 0.3) is 0 Å². The Kier molecular flexibility index (Phi) is 13.1. The number of nitrogens with zero attached hydrogens (tertiary/aromatic N) is 4. The largest absolute Gasteiger partial charge is 0.476 e. The van der Waals surface area contributed by atoms with Gasteiger partial charge in [-0.2, -0.15) is 4.98 Å². The Morgan fingerprint density at radius 2 is 1.62 bits per heavy atom. The fourth-order valence-electron chi connectivity index (χ4n) is 6.40. The van der Waals surface area contributed by atoms with Crippen LogP contribution in [0.2, 0.25) is 0 Å². The van der Waals surface area contributed by atoms with E-state index in [0.29, 0.717) is 40.6 Å². The molecule has 4 rings (SSSR count). The summed E-state index contributed by atoms with van der Waals surface area (Å²) < 4.78 is 28.1. The maximum absolute atomic E-state index is 13.3. The van der Waals surface area contributed by atoms with E-state index in [4.69, 9.17) is 14.5 Å². The summed E-state index contributed by atoms with van der Waals surface area (Å²) in [4.78, 5) is 37.8. The summed E-state index contributed by atoms with van der Waals surface area (Å²) in [6.45, 7) is 12.7. The summed E-state index contributed by atoms with van der Waals surface area (Å²) in [5.41, 5.74) is 4.19. The molecule has 1 N–H and O–H groups in total. The Morgan fingerprint density at radius 1 is 0.979 bits per heavy atom. The molecule has 0 spiro atoms. The molecule has 3 aromatic rings. The molecule has 1 aromatic heterocycles. The number of anilines is 1. The van der Waals surface area contributed by atoms with Crippen LogP contribution in [0.5, 0.6) is 5.88 Å². The molecule has 2 atom stereocenters. The number of amides is 1. The minimum absolute atomic E-state index is 0.130. The minimum atomic E-state index is -1.70. The van der Waals surface area contributed by atoms with E-state index in [1.54, 1.807) is 29.2 Å². The third kappa shape index (κ3) is 9.85. The zero-order chi connectivity index (χ0) is 35.0. The van der Waals surface area contributed by atoms with Crippen molar-refractivity contribution in [3.8, 4) is 17.1 Å². The first kappa shape index (κ1) is 37.0. The zero-order valence-corrected chi connectivity index (χ0v) is 30.4. The molecule has 1 saturated carbocycles. The quantitative estimate of drug-likeness (QED) is 0.178. The van der Waals surface area contributed by atoms with Crippen molar-refractivity contribution in [2.45, 2.75) is 103 Å². The molecule has 1 amide bonds. The third-order valence-electron chi connectivity index (χ3n) is 8.99. The molecule has 1 heterocycles. The highest BCUT2D eigenvalue weighted by atomic mass is 32.2. The summed E-state index contributed by atoms with van der Waals surface area (Å²) in [5.74, 6) is 1.01. The van der Waals surface area contributed by atoms with Crippen molar-refractivity contribution in [1.29, 1.82) is 0 Å². The lowest BCUT2D eigenvalue weighted by Crippen LogP contribution is -2.48. The monoisotopic (exact) mass is 677 g/mol. The molecular formula is C37H51N5O5S. The molecule has 260 valence electrons. The van der Waals surface area contributed by atoms with Gasteiger partial charge in [0.2, 0.25) is 11.8 Å². The Morgan fingerprint density at radius 3 is 2.25 bits per heavy atom. The second-order valence-corrected chi connectivity index (χ2v) is 14.7. The standard InChI is InChI=1S/C37H51N5O5S/c1-24(2)19-31(41(7)29-15-17-30(18-16-29)42(8)37(44)47-25(3)4)23-46-34-21-33(35-26(5)11-9-12-27(35)6)38-36(39-34)40-48(45)32-14-10-13-28(20-32)22-43/h9-14,20-22,24-25,29-31H,15-19,23H2,1-8H3,(H,38,39,40)/t29?,30?,31-,48?/m1/s1. The first-order valence-electron chi connectivity index (χ1n) is 16.8. The van der Waals surface area contributed by atoms with Crippen molar-refractivity contribution in [3.05, 3.63) is 65.2 Å². The summed E-state index contributed by atoms with van der Waals surface area (Å²) in [7, 11) is 2.30. The van der Waals surface area contributed by atoms with Gasteiger partial charge in [0.15, 0.2) is 11.0 Å². The van der Waals surface area contributed by atoms with Crippen LogP contribution < -0.4 is 9.46 Å². The number of hydrogen-bond acceptors (Lipinski definition) is 8. The smallest absolute Gasteiger partial charge is 0.410 e. The van der Waals surface area contributed by atoms with Crippen LogP contribution in [0.1, 0.15) is 81.3 Å². The summed E-state index contributed by atoms with van der Waals surface area (Å²) in [6.07, 6.45) is 5.05. The van der Waals surface area contributed by atoms with Gasteiger partial charge >= 0.3 is 6.09 Å². The highest BCUT2D eigenvalue weighted by molar-refractivity contribution is 7.86. The van der Waals surface area contributed by atoms with E-state index < -0.39 is 11.0 Å². The average molecular weight is 678 g/mol. The van der Waals surface area contributed by atoms with Gasteiger partial charge in [-0.05, 0) is 96.0 Å². The van der Waals surface area contributed by atoms with Gasteiger partial charge in [0.05, 0.1) is 16.7 Å². The molecule has 2 aromatic carbocycles. The van der Waals surface area contributed by atoms with Crippen molar-refractivity contribution >= 4 is 29.3 Å². The van der Waals surface area contributed by atoms with Gasteiger partial charge < -0.3 is 14.4 Å². The Hall–Kier alpha value is -3.83. The molecule has 0 aliphatic heterocycles. The number of benzene rings is 2. The van der Waals surface area contributed by atoms with Crippen molar-refractivity contribution in [2.75, 3.05) is 25.4 Å². The molecule has 0 bridgehead atoms. The second-order valence-electron chi connectivity index (χ2n) is 13.5. The van der Waals surface area contributed by atoms with E-state index in [0.717, 1.165) is 55.1 Å². The fraction of sp³-hybridized carbons (Fsp3) is 0.514. The van der Waals surface area contributed by atoms with E-state index in [9.17, 15) is 13.8 Å². The summed E-state index contributed by atoms with van der Waals surface area (Å²) in [6, 6.07) is 15.2. The molecule has 10 nitrogen and oxygen atoms in total. The topological polar surface area (TPSA) is 114 Å². The predicted octanol–water partition coefficient (Wildman–Crippen LogP) is 7.22. The van der Waals surface area contributed by atoms with Crippen molar-refractivity contribution in [3.63, 3.8) is 0 Å². The predicted molar refractivity (Wildman–Crippen MR) is 191 cm³/mol. The van der Waals surface area contributed by atoms with E-state index in [-0.39, 0.29) is 30.2 Å². The van der Waals surface area contributed by atoms with Gasteiger partial charge in [-0.1, -0.05) is 44.2 Å². The van der Waals surface area contributed by atoms with Gasteiger partial charge in [0, 0.05) is 42.4 Å². The van der Waals surface area contributed by atoms with Crippen molar-refractivity contribution < 1.29 is 23.3 Å². The molecule has 1 fully saturated rings. The van der Waals surface area contributed by atoms with Gasteiger partial charge in [-0.25, -0.2) is 14.0 Å². The normalized spacial score (nSPS) is 17.6. The lowest BCUT2D eigenvalue weighted by Gasteiger charge is -2.41. The van der Waals surface area contributed by atoms with Crippen LogP contribution in [0.25, 0.3) is 11.3 Å². The van der Waals surface area contributed by atoms with Crippen LogP contribution in [-0.4, -0.2) is 81.3 Å². The lowest BCUT2D eigenvalue weighted by molar-refractivity contribution is 0.0458. The SMILES string of the molecule is Cc1cccc(C)c1-c1cc(OC[C@@H](CC(C)C)N(C)C2CCC(N(C)C(=O)OC(C)C)CC2)nc(NS(=O)c2cccc(C=O)c2)n1. The van der Waals surface area contributed by atoms with Crippen molar-refractivity contribution in [2.24, 2.45) is 5.92 Å². The maximum Gasteiger partial charge on any atom is 0.410 e. The highest BCUT2D eigenvalue weighted by Gasteiger charge is 2.32. The van der Waals surface area contributed by atoms with Gasteiger partial charge in [-0.3, -0.25) is 14.4 Å². The number of nitrogens with one attached hydrogen (secondary N) is 1. The third-order valence-corrected chi connectivity index (χ3v) is 10.0. The number of carbonyl (C=O) groups excluding carboxylic acids is 2. The number of likely N-dealkylation sites (N-methyl/N-ethyl adjacent to an activating group) is 1. The molecule has 11 heteroatoms. The first-order chi connectivity index (χ1) is 22.9. The fourth-order valence-corrected chi connectivity index (χ4v) is 7.22. The molecule has 1 aliphatic carbocycles.